The van der Waals surface area contributed by atoms with Gasteiger partial charge in [-0.25, -0.2) is 0 Å². The lowest BCUT2D eigenvalue weighted by molar-refractivity contribution is -0.123. The molecule has 20 heavy (non-hydrogen) atoms. The van der Waals surface area contributed by atoms with E-state index in [2.05, 4.69) is 5.32 Å². The van der Waals surface area contributed by atoms with E-state index in [1.165, 1.54) is 0 Å². The van der Waals surface area contributed by atoms with E-state index in [0.717, 1.165) is 18.4 Å². The van der Waals surface area contributed by atoms with Crippen molar-refractivity contribution < 1.29 is 14.6 Å². The highest BCUT2D eigenvalue weighted by Crippen LogP contribution is 2.26. The molecule has 0 aliphatic rings. The maximum absolute atomic E-state index is 11.8. The number of amides is 1. The van der Waals surface area contributed by atoms with Crippen LogP contribution in [0.3, 0.4) is 0 Å². The molecule has 0 unspecified atom stereocenters. The van der Waals surface area contributed by atoms with Crippen LogP contribution in [0.15, 0.2) is 18.2 Å². The second-order valence-corrected chi connectivity index (χ2v) is 5.09. The summed E-state index contributed by atoms with van der Waals surface area (Å²) in [5.74, 6) is 0.432. The van der Waals surface area contributed by atoms with Crippen molar-refractivity contribution in [1.82, 2.24) is 5.32 Å². The van der Waals surface area contributed by atoms with Crippen molar-refractivity contribution in [2.45, 2.75) is 52.7 Å². The van der Waals surface area contributed by atoms with E-state index in [0.29, 0.717) is 11.3 Å². The first-order valence-corrected chi connectivity index (χ1v) is 7.18. The first-order chi connectivity index (χ1) is 9.47. The average Bonchev–Trinajstić information content (AvgIpc) is 2.43. The molecule has 0 saturated carbocycles. The van der Waals surface area contributed by atoms with Gasteiger partial charge in [0.1, 0.15) is 5.75 Å². The van der Waals surface area contributed by atoms with Crippen LogP contribution in [0.1, 0.15) is 50.8 Å². The fraction of sp³-hybridized carbons (Fsp3) is 0.562. The Bertz CT molecular complexity index is 439. The Kier molecular flexibility index (Phi) is 6.52. The Morgan fingerprint density at radius 3 is 2.55 bits per heavy atom. The Morgan fingerprint density at radius 1 is 1.35 bits per heavy atom. The summed E-state index contributed by atoms with van der Waals surface area (Å²) >= 11 is 0. The van der Waals surface area contributed by atoms with Crippen LogP contribution in [0.4, 0.5) is 0 Å². The van der Waals surface area contributed by atoms with Gasteiger partial charge in [-0.2, -0.15) is 0 Å². The Morgan fingerprint density at radius 2 is 2.00 bits per heavy atom. The van der Waals surface area contributed by atoms with E-state index >= 15 is 0 Å². The average molecular weight is 279 g/mol. The third-order valence-corrected chi connectivity index (χ3v) is 3.32. The molecule has 0 aliphatic carbocycles. The molecule has 1 rings (SSSR count). The van der Waals surface area contributed by atoms with E-state index in [1.807, 2.05) is 32.9 Å². The van der Waals surface area contributed by atoms with Gasteiger partial charge in [-0.05, 0) is 38.8 Å². The van der Waals surface area contributed by atoms with Crippen LogP contribution >= 0.6 is 0 Å². The number of ether oxygens (including phenoxy) is 1. The van der Waals surface area contributed by atoms with Gasteiger partial charge in [0.25, 0.3) is 5.91 Å². The first kappa shape index (κ1) is 16.5. The maximum atomic E-state index is 11.8. The molecule has 0 saturated heterocycles. The predicted octanol–water partition coefficient (Wildman–Crippen LogP) is 2.73. The van der Waals surface area contributed by atoms with E-state index in [1.54, 1.807) is 13.0 Å². The van der Waals surface area contributed by atoms with E-state index in [4.69, 9.17) is 4.74 Å². The number of hydrogen-bond donors (Lipinski definition) is 2. The second kappa shape index (κ2) is 7.90. The van der Waals surface area contributed by atoms with Gasteiger partial charge < -0.3 is 15.2 Å². The quantitative estimate of drug-likeness (QED) is 0.807. The SMILES string of the molecule is CCC(CC)NC(=O)COc1ccc(C)cc1[C@H](C)O. The summed E-state index contributed by atoms with van der Waals surface area (Å²) in [5.41, 5.74) is 1.76. The molecule has 0 aromatic heterocycles. The van der Waals surface area contributed by atoms with Gasteiger partial charge >= 0.3 is 0 Å². The normalized spacial score (nSPS) is 12.3. The Hall–Kier alpha value is -1.55. The molecule has 0 radical (unpaired) electrons. The smallest absolute Gasteiger partial charge is 0.258 e. The van der Waals surface area contributed by atoms with Crippen molar-refractivity contribution in [1.29, 1.82) is 0 Å². The first-order valence-electron chi connectivity index (χ1n) is 7.18. The topological polar surface area (TPSA) is 58.6 Å². The van der Waals surface area contributed by atoms with E-state index in [-0.39, 0.29) is 18.6 Å². The lowest BCUT2D eigenvalue weighted by Gasteiger charge is -2.17. The van der Waals surface area contributed by atoms with Crippen molar-refractivity contribution in [3.63, 3.8) is 0 Å². The number of aliphatic hydroxyl groups excluding tert-OH is 1. The zero-order valence-electron chi connectivity index (χ0n) is 12.8. The zero-order valence-corrected chi connectivity index (χ0v) is 12.8. The number of aryl methyl sites for hydroxylation is 1. The largest absolute Gasteiger partial charge is 0.483 e. The highest BCUT2D eigenvalue weighted by atomic mass is 16.5. The number of carbonyl (C=O) groups is 1. The molecule has 112 valence electrons. The predicted molar refractivity (Wildman–Crippen MR) is 79.8 cm³/mol. The van der Waals surface area contributed by atoms with Crippen LogP contribution in [0.25, 0.3) is 0 Å². The van der Waals surface area contributed by atoms with Gasteiger partial charge in [-0.15, -0.1) is 0 Å². The van der Waals surface area contributed by atoms with Gasteiger partial charge in [-0.1, -0.05) is 25.5 Å². The van der Waals surface area contributed by atoms with Crippen LogP contribution in [0.5, 0.6) is 5.75 Å². The summed E-state index contributed by atoms with van der Waals surface area (Å²) in [7, 11) is 0. The summed E-state index contributed by atoms with van der Waals surface area (Å²) < 4.78 is 5.53. The third kappa shape index (κ3) is 4.85. The summed E-state index contributed by atoms with van der Waals surface area (Å²) in [6.45, 7) is 7.70. The molecule has 1 amide bonds. The number of nitrogens with one attached hydrogen (secondary N) is 1. The van der Waals surface area contributed by atoms with Gasteiger partial charge in [0.2, 0.25) is 0 Å². The summed E-state index contributed by atoms with van der Waals surface area (Å²) in [4.78, 5) is 11.8. The summed E-state index contributed by atoms with van der Waals surface area (Å²) in [5, 5.41) is 12.7. The van der Waals surface area contributed by atoms with Gasteiger partial charge in [0.05, 0.1) is 6.10 Å². The molecule has 1 atom stereocenters. The highest BCUT2D eigenvalue weighted by molar-refractivity contribution is 5.77. The Labute approximate surface area is 121 Å². The van der Waals surface area contributed by atoms with Crippen LogP contribution in [-0.4, -0.2) is 23.7 Å². The number of rotatable bonds is 7. The molecule has 0 bridgehead atoms. The molecule has 0 fully saturated rings. The van der Waals surface area contributed by atoms with Crippen LogP contribution in [0.2, 0.25) is 0 Å². The molecule has 0 aliphatic heterocycles. The van der Waals surface area contributed by atoms with Crippen molar-refractivity contribution in [2.24, 2.45) is 0 Å². The fourth-order valence-electron chi connectivity index (χ4n) is 2.03. The number of hydrogen-bond acceptors (Lipinski definition) is 3. The molecular formula is C16H25NO3. The molecule has 0 spiro atoms. The minimum absolute atomic E-state index is 0.0285. The monoisotopic (exact) mass is 279 g/mol. The van der Waals surface area contributed by atoms with E-state index < -0.39 is 6.10 Å². The van der Waals surface area contributed by atoms with Crippen LogP contribution < -0.4 is 10.1 Å². The molecule has 1 aromatic rings. The van der Waals surface area contributed by atoms with Crippen LogP contribution in [-0.2, 0) is 4.79 Å². The molecule has 2 N–H and O–H groups in total. The van der Waals surface area contributed by atoms with E-state index in [9.17, 15) is 9.90 Å². The lowest BCUT2D eigenvalue weighted by atomic mass is 10.1. The summed E-state index contributed by atoms with van der Waals surface area (Å²) in [6.07, 6.45) is 1.20. The van der Waals surface area contributed by atoms with Gasteiger partial charge in [0.15, 0.2) is 6.61 Å². The van der Waals surface area contributed by atoms with Crippen molar-refractivity contribution in [2.75, 3.05) is 6.61 Å². The number of carbonyl (C=O) groups excluding carboxylic acids is 1. The standard InChI is InChI=1S/C16H25NO3/c1-5-13(6-2)17-16(19)10-20-15-8-7-11(3)9-14(15)12(4)18/h7-9,12-13,18H,5-6,10H2,1-4H3,(H,17,19)/t12-/m0/s1. The third-order valence-electron chi connectivity index (χ3n) is 3.32. The lowest BCUT2D eigenvalue weighted by Crippen LogP contribution is -2.37. The molecular weight excluding hydrogens is 254 g/mol. The summed E-state index contributed by atoms with van der Waals surface area (Å²) in [6, 6.07) is 5.76. The Balaban J connectivity index is 2.63. The minimum atomic E-state index is -0.619. The number of benzene rings is 1. The van der Waals surface area contributed by atoms with Crippen molar-refractivity contribution >= 4 is 5.91 Å². The fourth-order valence-corrected chi connectivity index (χ4v) is 2.03. The molecule has 0 heterocycles. The molecule has 1 aromatic carbocycles. The molecule has 4 nitrogen and oxygen atoms in total. The highest BCUT2D eigenvalue weighted by Gasteiger charge is 2.12. The molecule has 4 heteroatoms. The minimum Gasteiger partial charge on any atom is -0.483 e. The van der Waals surface area contributed by atoms with Crippen LogP contribution in [0, 0.1) is 6.92 Å². The second-order valence-electron chi connectivity index (χ2n) is 5.09. The van der Waals surface area contributed by atoms with Crippen molar-refractivity contribution in [3.8, 4) is 5.75 Å². The maximum Gasteiger partial charge on any atom is 0.258 e. The van der Waals surface area contributed by atoms with Gasteiger partial charge in [0, 0.05) is 11.6 Å². The zero-order chi connectivity index (χ0) is 15.1. The van der Waals surface area contributed by atoms with Gasteiger partial charge in [-0.3, -0.25) is 4.79 Å². The van der Waals surface area contributed by atoms with Crippen molar-refractivity contribution in [3.05, 3.63) is 29.3 Å². The number of aliphatic hydroxyl groups is 1.